The number of hydrogen-bond donors (Lipinski definition) is 0. The average Bonchev–Trinajstić information content (AvgIpc) is 3.98. The second-order valence-electron chi connectivity index (χ2n) is 12.0. The molecule has 4 aromatic carbocycles. The number of nitrogens with one attached hydrogen (secondary N) is 2. The summed E-state index contributed by atoms with van der Waals surface area (Å²) >= 11 is 0. The largest absolute Gasteiger partial charge is 2.00 e. The zero-order chi connectivity index (χ0) is 31.9. The van der Waals surface area contributed by atoms with Crippen LogP contribution in [0.25, 0.3) is 90.9 Å². The van der Waals surface area contributed by atoms with Crippen molar-refractivity contribution >= 4 is 69.4 Å². The minimum atomic E-state index is 0. The molecule has 0 saturated heterocycles. The van der Waals surface area contributed by atoms with Crippen molar-refractivity contribution in [2.75, 3.05) is 0 Å². The van der Waals surface area contributed by atoms with Gasteiger partial charge >= 0.3 is 23.1 Å². The molecule has 2 aliphatic heterocycles. The van der Waals surface area contributed by atoms with Gasteiger partial charge in [0.2, 0.25) is 22.8 Å². The Labute approximate surface area is 300 Å². The molecule has 49 heavy (non-hydrogen) atoms. The van der Waals surface area contributed by atoms with Gasteiger partial charge < -0.3 is 9.97 Å². The normalized spacial score (nSPS) is 11.8. The van der Waals surface area contributed by atoms with Crippen LogP contribution in [0, 0.1) is 0 Å². The summed E-state index contributed by atoms with van der Waals surface area (Å²) in [6.07, 6.45) is 8.66. The molecular weight excluding hydrogens is 609 g/mol. The summed E-state index contributed by atoms with van der Waals surface area (Å²) in [6.45, 7) is 0. The average molecular weight is 639 g/mol. The van der Waals surface area contributed by atoms with Gasteiger partial charge in [0.25, 0.3) is 0 Å². The Morgan fingerprint density at radius 3 is 0.735 bits per heavy atom. The van der Waals surface area contributed by atoms with Crippen molar-refractivity contribution < 1.29 is 9.97 Å². The van der Waals surface area contributed by atoms with Crippen molar-refractivity contribution in [2.45, 2.75) is 0 Å². The Hall–Kier alpha value is -5.75. The van der Waals surface area contributed by atoms with Crippen LogP contribution in [0.5, 0.6) is 0 Å². The number of fused-ring (bicyclic) bond motifs is 8. The predicted molar refractivity (Wildman–Crippen MR) is 202 cm³/mol. The fourth-order valence-electron chi connectivity index (χ4n) is 6.84. The van der Waals surface area contributed by atoms with Crippen molar-refractivity contribution in [3.63, 3.8) is 0 Å². The van der Waals surface area contributed by atoms with Gasteiger partial charge in [0.1, 0.15) is 0 Å². The first-order valence-corrected chi connectivity index (χ1v) is 16.2. The number of aromatic amines is 2. The van der Waals surface area contributed by atoms with E-state index in [2.05, 4.69) is 156 Å². The van der Waals surface area contributed by atoms with Gasteiger partial charge in [0.05, 0.1) is 0 Å². The molecule has 0 amide bonds. The molecule has 0 fully saturated rings. The molecule has 8 bridgehead atoms. The van der Waals surface area contributed by atoms with E-state index in [-0.39, 0.29) is 23.1 Å². The van der Waals surface area contributed by atoms with Crippen LogP contribution < -0.4 is 19.9 Å². The first kappa shape index (κ1) is 30.6. The number of aromatic nitrogens is 4. The predicted octanol–water partition coefficient (Wildman–Crippen LogP) is 9.04. The molecule has 2 N–H and O–H groups in total. The van der Waals surface area contributed by atoms with Crippen LogP contribution in [-0.4, -0.2) is 23.1 Å². The smallest absolute Gasteiger partial charge is 0.656 e. The molecule has 5 heteroatoms. The molecular formula is C44H30MgN4+2. The number of nitrogens with zero attached hydrogens (tertiary/aromatic N) is 2. The molecule has 0 atom stereocenters. The van der Waals surface area contributed by atoms with Crippen LogP contribution in [0.1, 0.15) is 22.8 Å². The second-order valence-corrected chi connectivity index (χ2v) is 12.0. The fraction of sp³-hybridized carbons (Fsp3) is 0. The molecule has 5 heterocycles. The van der Waals surface area contributed by atoms with Crippen LogP contribution >= 0.6 is 0 Å². The van der Waals surface area contributed by atoms with Crippen molar-refractivity contribution in [1.82, 2.24) is 9.97 Å². The summed E-state index contributed by atoms with van der Waals surface area (Å²) in [4.78, 5) is 18.3. The van der Waals surface area contributed by atoms with E-state index in [1.165, 1.54) is 0 Å². The zero-order valence-electron chi connectivity index (χ0n) is 26.8. The molecule has 0 radical (unpaired) electrons. The van der Waals surface area contributed by atoms with Gasteiger partial charge in [-0.05, 0) is 22.3 Å². The standard InChI is InChI=1S/C44H28N4.Mg/c1-5-13-29(14-6-1)41-33-21-23-35(45-33)42(30-15-7-2-8-16-30)37-25-27-39(47-37)44(32-19-11-4-12-20-32)40-28-26-38(48-40)43(31-17-9-3-10-18-31)36-24-22-34(41)46-36;/h1-28H;/q-2;+2/p+2. The van der Waals surface area contributed by atoms with Gasteiger partial charge in [-0.15, -0.1) is 22.1 Å². The van der Waals surface area contributed by atoms with Crippen LogP contribution in [0.15, 0.2) is 146 Å². The Balaban J connectivity index is 0.00000348. The minimum Gasteiger partial charge on any atom is -0.656 e. The van der Waals surface area contributed by atoms with Crippen LogP contribution in [0.4, 0.5) is 0 Å². The molecule has 3 aromatic heterocycles. The quantitative estimate of drug-likeness (QED) is 0.181. The Bertz CT molecular complexity index is 2180. The fourth-order valence-corrected chi connectivity index (χ4v) is 6.84. The second kappa shape index (κ2) is 13.0. The molecule has 226 valence electrons. The Morgan fingerprint density at radius 1 is 0.286 bits per heavy atom. The van der Waals surface area contributed by atoms with Crippen LogP contribution in [0.3, 0.4) is 0 Å². The van der Waals surface area contributed by atoms with E-state index in [0.717, 1.165) is 89.4 Å². The van der Waals surface area contributed by atoms with E-state index in [1.54, 1.807) is 0 Å². The monoisotopic (exact) mass is 638 g/mol. The molecule has 0 spiro atoms. The van der Waals surface area contributed by atoms with Gasteiger partial charge in [-0.1, -0.05) is 146 Å². The number of rotatable bonds is 4. The van der Waals surface area contributed by atoms with Crippen LogP contribution in [0.2, 0.25) is 0 Å². The summed E-state index contributed by atoms with van der Waals surface area (Å²) in [5.41, 5.74) is 16.2. The van der Waals surface area contributed by atoms with Gasteiger partial charge in [-0.25, -0.2) is 9.97 Å². The van der Waals surface area contributed by atoms with Crippen LogP contribution in [-0.2, 0) is 0 Å². The maximum atomic E-state index is 5.35. The third-order valence-electron chi connectivity index (χ3n) is 9.00. The van der Waals surface area contributed by atoms with E-state index in [9.17, 15) is 0 Å². The van der Waals surface area contributed by atoms with Crippen molar-refractivity contribution in [2.24, 2.45) is 0 Å². The van der Waals surface area contributed by atoms with Gasteiger partial charge in [0.15, 0.2) is 0 Å². The summed E-state index contributed by atoms with van der Waals surface area (Å²) in [5, 5.41) is 0. The van der Waals surface area contributed by atoms with E-state index < -0.39 is 0 Å². The van der Waals surface area contributed by atoms with E-state index in [0.29, 0.717) is 0 Å². The van der Waals surface area contributed by atoms with E-state index >= 15 is 0 Å². The molecule has 7 aromatic rings. The molecule has 2 aliphatic rings. The third-order valence-corrected chi connectivity index (χ3v) is 9.00. The summed E-state index contributed by atoms with van der Waals surface area (Å²) < 4.78 is 0. The van der Waals surface area contributed by atoms with Crippen molar-refractivity contribution in [3.05, 3.63) is 168 Å². The summed E-state index contributed by atoms with van der Waals surface area (Å²) in [5.74, 6) is 0. The van der Waals surface area contributed by atoms with E-state index in [1.807, 2.05) is 24.3 Å². The zero-order valence-corrected chi connectivity index (χ0v) is 28.2. The maximum absolute atomic E-state index is 5.35. The van der Waals surface area contributed by atoms with Gasteiger partial charge in [0, 0.05) is 46.6 Å². The number of H-pyrrole nitrogens is 2. The Morgan fingerprint density at radius 2 is 0.510 bits per heavy atom. The van der Waals surface area contributed by atoms with Gasteiger partial charge in [-0.3, -0.25) is 0 Å². The number of benzene rings is 4. The molecule has 9 rings (SSSR count). The summed E-state index contributed by atoms with van der Waals surface area (Å²) in [6, 6.07) is 50.6. The number of hydrogen-bond acceptors (Lipinski definition) is 0. The van der Waals surface area contributed by atoms with Gasteiger partial charge in [-0.2, -0.15) is 0 Å². The molecule has 0 saturated carbocycles. The molecule has 0 unspecified atom stereocenters. The first-order chi connectivity index (χ1) is 23.8. The Kier molecular flexibility index (Phi) is 8.13. The SMILES string of the molecule is C1=Cc2[nH+]c1c(-c1ccccc1)c1ccc([n-]1)c(-c1ccccc1)c1[nH+]c(c(-c3ccccc3)c3ccc([n-]3)c2-c2ccccc2)C=C1.[Mg+2]. The van der Waals surface area contributed by atoms with Crippen molar-refractivity contribution in [1.29, 1.82) is 0 Å². The third kappa shape index (κ3) is 5.63. The molecule has 4 nitrogen and oxygen atoms in total. The van der Waals surface area contributed by atoms with Crippen molar-refractivity contribution in [3.8, 4) is 44.5 Å². The van der Waals surface area contributed by atoms with E-state index in [4.69, 9.17) is 9.97 Å². The molecule has 0 aliphatic carbocycles. The first-order valence-electron chi connectivity index (χ1n) is 16.2. The minimum absolute atomic E-state index is 0. The summed E-state index contributed by atoms with van der Waals surface area (Å²) in [7, 11) is 0. The maximum Gasteiger partial charge on any atom is 2.00 e. The topological polar surface area (TPSA) is 56.5 Å².